The molecule has 0 aromatic carbocycles. The first-order chi connectivity index (χ1) is 7.41. The lowest BCUT2D eigenvalue weighted by molar-refractivity contribution is -0.121. The number of amides is 1. The van der Waals surface area contributed by atoms with E-state index < -0.39 is 0 Å². The molecule has 0 radical (unpaired) electrons. The highest BCUT2D eigenvalue weighted by Crippen LogP contribution is 2.14. The van der Waals surface area contributed by atoms with E-state index in [1.54, 1.807) is 4.68 Å². The maximum Gasteiger partial charge on any atom is 0.242 e. The third-order valence-electron chi connectivity index (χ3n) is 2.21. The van der Waals surface area contributed by atoms with Crippen molar-refractivity contribution in [1.82, 2.24) is 15.1 Å². The van der Waals surface area contributed by atoms with Gasteiger partial charge < -0.3 is 11.1 Å². The first kappa shape index (κ1) is 12.8. The zero-order valence-corrected chi connectivity index (χ0v) is 11.0. The molecule has 0 unspecified atom stereocenters. The maximum atomic E-state index is 11.5. The predicted molar refractivity (Wildman–Crippen MR) is 67.2 cm³/mol. The highest BCUT2D eigenvalue weighted by Gasteiger charge is 2.10. The summed E-state index contributed by atoms with van der Waals surface area (Å²) in [5.74, 6) is -0.119. The monoisotopic (exact) mass is 286 g/mol. The lowest BCUT2D eigenvalue weighted by atomic mass is 10.3. The molecule has 1 heterocycles. The van der Waals surface area contributed by atoms with Gasteiger partial charge >= 0.3 is 0 Å². The Hall–Kier alpha value is -1.30. The lowest BCUT2D eigenvalue weighted by Crippen LogP contribution is -2.29. The van der Waals surface area contributed by atoms with Gasteiger partial charge in [0.25, 0.3) is 0 Å². The number of hydrogen-bond acceptors (Lipinski definition) is 3. The number of halogens is 1. The second-order valence-electron chi connectivity index (χ2n) is 3.54. The molecule has 0 spiro atoms. The van der Waals surface area contributed by atoms with Gasteiger partial charge in [-0.1, -0.05) is 22.5 Å². The van der Waals surface area contributed by atoms with Crippen LogP contribution in [-0.4, -0.2) is 22.2 Å². The Morgan fingerprint density at radius 1 is 1.62 bits per heavy atom. The Balaban J connectivity index is 2.63. The molecule has 5 nitrogen and oxygen atoms in total. The molecule has 6 heteroatoms. The van der Waals surface area contributed by atoms with Gasteiger partial charge in [-0.2, -0.15) is 5.10 Å². The summed E-state index contributed by atoms with van der Waals surface area (Å²) in [7, 11) is 0. The number of aromatic nitrogens is 2. The van der Waals surface area contributed by atoms with Gasteiger partial charge in [-0.15, -0.1) is 0 Å². The van der Waals surface area contributed by atoms with E-state index in [0.29, 0.717) is 12.2 Å². The van der Waals surface area contributed by atoms with Gasteiger partial charge in [0.1, 0.15) is 6.54 Å². The maximum absolute atomic E-state index is 11.5. The zero-order chi connectivity index (χ0) is 12.3. The number of nitrogen functional groups attached to an aromatic ring is 1. The third-order valence-corrected chi connectivity index (χ3v) is 2.49. The Morgan fingerprint density at radius 3 is 2.69 bits per heavy atom. The van der Waals surface area contributed by atoms with Crippen LogP contribution in [0.15, 0.2) is 11.1 Å². The molecule has 1 rings (SSSR count). The molecular weight excluding hydrogens is 272 g/mol. The number of anilines is 1. The number of aryl methyl sites for hydroxylation is 1. The van der Waals surface area contributed by atoms with Crippen LogP contribution in [0.1, 0.15) is 11.4 Å². The van der Waals surface area contributed by atoms with Crippen molar-refractivity contribution in [2.45, 2.75) is 20.4 Å². The molecule has 1 aromatic rings. The van der Waals surface area contributed by atoms with Gasteiger partial charge in [0.15, 0.2) is 0 Å². The van der Waals surface area contributed by atoms with Crippen LogP contribution in [0.4, 0.5) is 5.69 Å². The number of carbonyl (C=O) groups is 1. The Bertz CT molecular complexity index is 425. The van der Waals surface area contributed by atoms with E-state index in [2.05, 4.69) is 32.9 Å². The van der Waals surface area contributed by atoms with Gasteiger partial charge in [-0.05, 0) is 13.8 Å². The molecule has 1 aromatic heterocycles. The topological polar surface area (TPSA) is 72.9 Å². The summed E-state index contributed by atoms with van der Waals surface area (Å²) in [6, 6.07) is 0. The summed E-state index contributed by atoms with van der Waals surface area (Å²) in [5, 5.41) is 6.87. The standard InChI is InChI=1S/C10H15BrN4O/c1-6(11)4-13-9(16)5-15-8(3)10(12)7(2)14-15/h1,4-5,12H2,2-3H3,(H,13,16). The number of hydrogen-bond donors (Lipinski definition) is 2. The highest BCUT2D eigenvalue weighted by atomic mass is 79.9. The van der Waals surface area contributed by atoms with E-state index in [4.69, 9.17) is 5.73 Å². The second-order valence-corrected chi connectivity index (χ2v) is 4.66. The van der Waals surface area contributed by atoms with Crippen LogP contribution in [-0.2, 0) is 11.3 Å². The van der Waals surface area contributed by atoms with Crippen LogP contribution in [0.3, 0.4) is 0 Å². The molecule has 0 aliphatic heterocycles. The largest absolute Gasteiger partial charge is 0.396 e. The second kappa shape index (κ2) is 5.16. The molecule has 1 amide bonds. The van der Waals surface area contributed by atoms with Crippen molar-refractivity contribution in [1.29, 1.82) is 0 Å². The van der Waals surface area contributed by atoms with Crippen LogP contribution >= 0.6 is 15.9 Å². The minimum atomic E-state index is -0.119. The fourth-order valence-electron chi connectivity index (χ4n) is 1.25. The van der Waals surface area contributed by atoms with E-state index in [-0.39, 0.29) is 12.5 Å². The van der Waals surface area contributed by atoms with E-state index in [0.717, 1.165) is 15.9 Å². The average Bonchev–Trinajstić information content (AvgIpc) is 2.43. The predicted octanol–water partition coefficient (Wildman–Crippen LogP) is 1.11. The van der Waals surface area contributed by atoms with Crippen LogP contribution < -0.4 is 11.1 Å². The molecule has 0 bridgehead atoms. The summed E-state index contributed by atoms with van der Waals surface area (Å²) in [6.07, 6.45) is 0. The fourth-order valence-corrected chi connectivity index (χ4v) is 1.39. The Morgan fingerprint density at radius 2 is 2.25 bits per heavy atom. The minimum absolute atomic E-state index is 0.119. The molecular formula is C10H15BrN4O. The number of nitrogens with zero attached hydrogens (tertiary/aromatic N) is 2. The van der Waals surface area contributed by atoms with Crippen molar-refractivity contribution in [3.05, 3.63) is 22.4 Å². The third kappa shape index (κ3) is 3.10. The number of nitrogens with one attached hydrogen (secondary N) is 1. The van der Waals surface area contributed by atoms with Crippen molar-refractivity contribution in [3.8, 4) is 0 Å². The van der Waals surface area contributed by atoms with Gasteiger partial charge in [0, 0.05) is 11.0 Å². The molecule has 0 fully saturated rings. The molecule has 0 aliphatic rings. The fraction of sp³-hybridized carbons (Fsp3) is 0.400. The van der Waals surface area contributed by atoms with Crippen molar-refractivity contribution in [2.24, 2.45) is 0 Å². The average molecular weight is 287 g/mol. The van der Waals surface area contributed by atoms with E-state index in [1.807, 2.05) is 13.8 Å². The van der Waals surface area contributed by atoms with Crippen molar-refractivity contribution in [3.63, 3.8) is 0 Å². The molecule has 16 heavy (non-hydrogen) atoms. The van der Waals surface area contributed by atoms with Crippen molar-refractivity contribution < 1.29 is 4.79 Å². The Kier molecular flexibility index (Phi) is 4.12. The minimum Gasteiger partial charge on any atom is -0.396 e. The first-order valence-corrected chi connectivity index (χ1v) is 5.60. The van der Waals surface area contributed by atoms with Crippen LogP contribution in [0.25, 0.3) is 0 Å². The van der Waals surface area contributed by atoms with Crippen molar-refractivity contribution in [2.75, 3.05) is 12.3 Å². The molecule has 0 aliphatic carbocycles. The van der Waals surface area contributed by atoms with Gasteiger partial charge in [0.2, 0.25) is 5.91 Å². The summed E-state index contributed by atoms with van der Waals surface area (Å²) in [4.78, 5) is 11.5. The van der Waals surface area contributed by atoms with E-state index >= 15 is 0 Å². The number of carbonyl (C=O) groups excluding carboxylic acids is 1. The smallest absolute Gasteiger partial charge is 0.242 e. The quantitative estimate of drug-likeness (QED) is 0.871. The summed E-state index contributed by atoms with van der Waals surface area (Å²) in [6.45, 7) is 7.87. The number of rotatable bonds is 4. The van der Waals surface area contributed by atoms with Gasteiger partial charge in [-0.3, -0.25) is 9.48 Å². The Labute approximate surface area is 103 Å². The van der Waals surface area contributed by atoms with Gasteiger partial charge in [-0.25, -0.2) is 0 Å². The normalized spacial score (nSPS) is 10.2. The molecule has 0 atom stereocenters. The highest BCUT2D eigenvalue weighted by molar-refractivity contribution is 9.11. The molecule has 0 saturated heterocycles. The van der Waals surface area contributed by atoms with Crippen LogP contribution in [0, 0.1) is 13.8 Å². The number of nitrogens with two attached hydrogens (primary N) is 1. The summed E-state index contributed by atoms with van der Waals surface area (Å²) < 4.78 is 2.32. The first-order valence-electron chi connectivity index (χ1n) is 4.81. The molecule has 88 valence electrons. The SMILES string of the molecule is C=C(Br)CNC(=O)Cn1nc(C)c(N)c1C. The zero-order valence-electron chi connectivity index (χ0n) is 9.38. The van der Waals surface area contributed by atoms with Crippen LogP contribution in [0.5, 0.6) is 0 Å². The molecule has 3 N–H and O–H groups in total. The summed E-state index contributed by atoms with van der Waals surface area (Å²) in [5.41, 5.74) is 7.96. The van der Waals surface area contributed by atoms with Crippen LogP contribution in [0.2, 0.25) is 0 Å². The lowest BCUT2D eigenvalue weighted by Gasteiger charge is -2.05. The van der Waals surface area contributed by atoms with Crippen molar-refractivity contribution >= 4 is 27.5 Å². The van der Waals surface area contributed by atoms with E-state index in [1.165, 1.54) is 0 Å². The van der Waals surface area contributed by atoms with E-state index in [9.17, 15) is 4.79 Å². The molecule has 0 saturated carbocycles. The van der Waals surface area contributed by atoms with Gasteiger partial charge in [0.05, 0.1) is 17.1 Å². The summed E-state index contributed by atoms with van der Waals surface area (Å²) >= 11 is 3.17.